The molecule has 1 atom stereocenters. The van der Waals surface area contributed by atoms with E-state index in [0.717, 1.165) is 6.07 Å². The first kappa shape index (κ1) is 20.3. The lowest BCUT2D eigenvalue weighted by Crippen LogP contribution is -2.12. The van der Waals surface area contributed by atoms with E-state index < -0.39 is 34.3 Å². The molecule has 4 bridgehead atoms. The zero-order chi connectivity index (χ0) is 21.4. The second-order valence-electron chi connectivity index (χ2n) is 6.53. The summed E-state index contributed by atoms with van der Waals surface area (Å²) in [5.74, 6) is -3.02. The number of carbonyl (C=O) groups excluding carboxylic acids is 1. The third-order valence-electron chi connectivity index (χ3n) is 4.64. The Bertz CT molecular complexity index is 1200. The molecule has 1 heterocycles. The summed E-state index contributed by atoms with van der Waals surface area (Å²) >= 11 is 5.96. The number of rotatable bonds is 0. The van der Waals surface area contributed by atoms with Crippen molar-refractivity contribution >= 4 is 34.2 Å². The van der Waals surface area contributed by atoms with E-state index in [4.69, 9.17) is 16.3 Å². The van der Waals surface area contributed by atoms with Crippen molar-refractivity contribution in [2.45, 2.75) is 11.3 Å². The molecule has 0 radical (unpaired) electrons. The van der Waals surface area contributed by atoms with Crippen LogP contribution in [-0.2, 0) is 22.1 Å². The lowest BCUT2D eigenvalue weighted by atomic mass is 9.97. The van der Waals surface area contributed by atoms with Crippen molar-refractivity contribution in [1.82, 2.24) is 0 Å². The number of phenols is 1. The maximum absolute atomic E-state index is 14.6. The van der Waals surface area contributed by atoms with Gasteiger partial charge in [0.2, 0.25) is 0 Å². The first-order valence-corrected chi connectivity index (χ1v) is 10.3. The first-order chi connectivity index (χ1) is 14.3. The Kier molecular flexibility index (Phi) is 5.44. The number of cyclic esters (lactones) is 1. The van der Waals surface area contributed by atoms with Gasteiger partial charge >= 0.3 is 5.97 Å². The first-order valence-electron chi connectivity index (χ1n) is 8.80. The van der Waals surface area contributed by atoms with Crippen LogP contribution in [-0.4, -0.2) is 21.9 Å². The lowest BCUT2D eigenvalue weighted by Gasteiger charge is -2.16. The second-order valence-corrected chi connectivity index (χ2v) is 8.12. The number of esters is 1. The van der Waals surface area contributed by atoms with Crippen LogP contribution < -0.4 is 4.72 Å². The molecule has 154 valence electrons. The summed E-state index contributed by atoms with van der Waals surface area (Å²) in [5, 5.41) is 9.95. The number of anilines is 1. The highest BCUT2D eigenvalue weighted by atomic mass is 35.5. The van der Waals surface area contributed by atoms with Gasteiger partial charge < -0.3 is 9.84 Å². The number of hydrogen-bond donors (Lipinski definition) is 2. The van der Waals surface area contributed by atoms with Gasteiger partial charge in [0.25, 0.3) is 0 Å². The minimum absolute atomic E-state index is 0.0132. The molecule has 4 rings (SSSR count). The number of nitrogens with one attached hydrogen (secondary N) is 1. The Morgan fingerprint density at radius 1 is 1.07 bits per heavy atom. The van der Waals surface area contributed by atoms with E-state index in [9.17, 15) is 22.9 Å². The molecule has 1 unspecified atom stereocenters. The summed E-state index contributed by atoms with van der Waals surface area (Å²) in [6, 6.07) is 11.1. The number of ether oxygens (including phenoxy) is 1. The number of carbonyl (C=O) groups is 1. The van der Waals surface area contributed by atoms with Gasteiger partial charge in [0, 0.05) is 18.1 Å². The van der Waals surface area contributed by atoms with Gasteiger partial charge in [-0.25, -0.2) is 17.8 Å². The number of benzene rings is 3. The SMILES string of the molecule is O=C1OCCc2ccccc2-c2cc(c(F)cc2F)NS(=O)c2cc1cc(Cl)c2O. The monoisotopic (exact) mass is 449 g/mol. The van der Waals surface area contributed by atoms with Gasteiger partial charge in [-0.15, -0.1) is 0 Å². The predicted octanol–water partition coefficient (Wildman–Crippen LogP) is 4.84. The Balaban J connectivity index is 1.91. The zero-order valence-electron chi connectivity index (χ0n) is 15.2. The standard InChI is InChI=1S/C21H14ClF2NO4S/c22-15-7-12-8-19(20(15)26)30(28)25-18-9-14(16(23)10-17(18)24)13-4-2-1-3-11(13)5-6-29-21(12)27/h1-4,7-10,25-26H,5-6H2. The number of aromatic hydroxyl groups is 1. The molecule has 30 heavy (non-hydrogen) atoms. The highest BCUT2D eigenvalue weighted by molar-refractivity contribution is 7.86. The molecule has 0 aromatic heterocycles. The zero-order valence-corrected chi connectivity index (χ0v) is 16.8. The number of halogens is 3. The molecular weight excluding hydrogens is 436 g/mol. The van der Waals surface area contributed by atoms with Crippen LogP contribution in [0.15, 0.2) is 53.4 Å². The molecule has 3 aromatic carbocycles. The molecule has 0 spiro atoms. The smallest absolute Gasteiger partial charge is 0.338 e. The molecule has 0 saturated heterocycles. The van der Waals surface area contributed by atoms with E-state index >= 15 is 0 Å². The summed E-state index contributed by atoms with van der Waals surface area (Å²) < 4.78 is 49.4. The number of phenolic OH excluding ortho intramolecular Hbond substituents is 1. The van der Waals surface area contributed by atoms with Gasteiger partial charge in [-0.3, -0.25) is 4.72 Å². The molecule has 2 N–H and O–H groups in total. The maximum atomic E-state index is 14.6. The van der Waals surface area contributed by atoms with Crippen LogP contribution in [0.4, 0.5) is 14.5 Å². The fourth-order valence-corrected chi connectivity index (χ4v) is 4.42. The van der Waals surface area contributed by atoms with Gasteiger partial charge in [-0.05, 0) is 29.3 Å². The summed E-state index contributed by atoms with van der Waals surface area (Å²) in [4.78, 5) is 12.2. The topological polar surface area (TPSA) is 75.6 Å². The number of hydrogen-bond acceptors (Lipinski definition) is 4. The average Bonchev–Trinajstić information content (AvgIpc) is 2.71. The van der Waals surface area contributed by atoms with Gasteiger partial charge in [0.05, 0.1) is 22.9 Å². The molecule has 0 amide bonds. The largest absolute Gasteiger partial charge is 0.505 e. The van der Waals surface area contributed by atoms with E-state index in [-0.39, 0.29) is 39.8 Å². The molecule has 3 aromatic rings. The summed E-state index contributed by atoms with van der Waals surface area (Å²) in [6.45, 7) is -0.0132. The van der Waals surface area contributed by atoms with Crippen LogP contribution >= 0.6 is 11.6 Å². The van der Waals surface area contributed by atoms with E-state index in [0.29, 0.717) is 17.2 Å². The molecular formula is C21H14ClF2NO4S. The molecule has 1 aliphatic rings. The van der Waals surface area contributed by atoms with Crippen LogP contribution in [0.2, 0.25) is 5.02 Å². The molecule has 0 saturated carbocycles. The Morgan fingerprint density at radius 3 is 2.63 bits per heavy atom. The molecule has 9 heteroatoms. The minimum Gasteiger partial charge on any atom is -0.505 e. The van der Waals surface area contributed by atoms with Crippen LogP contribution in [0.25, 0.3) is 11.1 Å². The highest BCUT2D eigenvalue weighted by Crippen LogP contribution is 2.35. The normalized spacial score (nSPS) is 16.1. The summed E-state index contributed by atoms with van der Waals surface area (Å²) in [5.41, 5.74) is 1.00. The van der Waals surface area contributed by atoms with Crippen molar-refractivity contribution in [3.05, 3.63) is 76.3 Å². The fraction of sp³-hybridized carbons (Fsp3) is 0.0952. The Morgan fingerprint density at radius 2 is 1.83 bits per heavy atom. The molecule has 0 aliphatic carbocycles. The summed E-state index contributed by atoms with van der Waals surface area (Å²) in [7, 11) is -2.21. The lowest BCUT2D eigenvalue weighted by molar-refractivity contribution is 0.0509. The van der Waals surface area contributed by atoms with E-state index in [1.165, 1.54) is 12.1 Å². The quantitative estimate of drug-likeness (QED) is 0.482. The van der Waals surface area contributed by atoms with Crippen molar-refractivity contribution < 1.29 is 27.6 Å². The minimum atomic E-state index is -2.21. The van der Waals surface area contributed by atoms with Crippen molar-refractivity contribution in [2.24, 2.45) is 0 Å². The van der Waals surface area contributed by atoms with Crippen molar-refractivity contribution in [3.63, 3.8) is 0 Å². The maximum Gasteiger partial charge on any atom is 0.338 e. The predicted molar refractivity (Wildman–Crippen MR) is 109 cm³/mol. The molecule has 0 fully saturated rings. The summed E-state index contributed by atoms with van der Waals surface area (Å²) in [6.07, 6.45) is 0.284. The van der Waals surface area contributed by atoms with E-state index in [1.807, 2.05) is 0 Å². The second kappa shape index (κ2) is 8.04. The van der Waals surface area contributed by atoms with E-state index in [1.54, 1.807) is 24.3 Å². The highest BCUT2D eigenvalue weighted by Gasteiger charge is 2.22. The molecule has 5 nitrogen and oxygen atoms in total. The van der Waals surface area contributed by atoms with Crippen LogP contribution in [0, 0.1) is 11.6 Å². The average molecular weight is 450 g/mol. The third-order valence-corrected chi connectivity index (χ3v) is 6.04. The van der Waals surface area contributed by atoms with Gasteiger partial charge in [0.1, 0.15) is 16.5 Å². The van der Waals surface area contributed by atoms with Crippen LogP contribution in [0.1, 0.15) is 15.9 Å². The van der Waals surface area contributed by atoms with Crippen molar-refractivity contribution in [1.29, 1.82) is 0 Å². The van der Waals surface area contributed by atoms with Gasteiger partial charge in [0.15, 0.2) is 16.7 Å². The fourth-order valence-electron chi connectivity index (χ4n) is 3.16. The third kappa shape index (κ3) is 3.76. The van der Waals surface area contributed by atoms with Crippen molar-refractivity contribution in [3.8, 4) is 16.9 Å². The van der Waals surface area contributed by atoms with Crippen LogP contribution in [0.5, 0.6) is 5.75 Å². The Labute approximate surface area is 177 Å². The molecule has 1 aliphatic heterocycles. The van der Waals surface area contributed by atoms with Gasteiger partial charge in [-0.2, -0.15) is 0 Å². The van der Waals surface area contributed by atoms with Crippen molar-refractivity contribution in [2.75, 3.05) is 11.3 Å². The number of fused-ring (bicyclic) bond motifs is 6. The Hall–Kier alpha value is -2.97. The van der Waals surface area contributed by atoms with E-state index in [2.05, 4.69) is 4.72 Å². The van der Waals surface area contributed by atoms with Crippen LogP contribution in [0.3, 0.4) is 0 Å². The van der Waals surface area contributed by atoms with Gasteiger partial charge in [-0.1, -0.05) is 35.9 Å².